The van der Waals surface area contributed by atoms with Gasteiger partial charge in [-0.25, -0.2) is 0 Å². The molecule has 3 N–H and O–H groups in total. The van der Waals surface area contributed by atoms with E-state index in [1.54, 1.807) is 6.07 Å². The topological polar surface area (TPSA) is 61.4 Å². The zero-order valence-electron chi connectivity index (χ0n) is 11.6. The highest BCUT2D eigenvalue weighted by Gasteiger charge is 2.28. The molecule has 1 atom stereocenters. The molecule has 0 radical (unpaired) electrons. The molecule has 0 saturated heterocycles. The molecule has 2 rings (SSSR count). The Labute approximate surface area is 114 Å². The van der Waals surface area contributed by atoms with Gasteiger partial charge in [-0.05, 0) is 32.8 Å². The van der Waals surface area contributed by atoms with E-state index in [4.69, 9.17) is 0 Å². The first-order valence-electron chi connectivity index (χ1n) is 6.88. The molecule has 1 amide bonds. The highest BCUT2D eigenvalue weighted by molar-refractivity contribution is 5.80. The van der Waals surface area contributed by atoms with E-state index in [9.17, 15) is 9.90 Å². The molecule has 1 aliphatic rings. The molecule has 4 heteroatoms. The van der Waals surface area contributed by atoms with E-state index >= 15 is 0 Å². The van der Waals surface area contributed by atoms with Crippen LogP contribution in [0.4, 0.5) is 0 Å². The fraction of sp³-hybridized carbons (Fsp3) is 0.533. The molecule has 1 aromatic carbocycles. The maximum Gasteiger partial charge on any atom is 0.223 e. The quantitative estimate of drug-likeness (QED) is 0.686. The summed E-state index contributed by atoms with van der Waals surface area (Å²) in [4.78, 5) is 11.4. The van der Waals surface area contributed by atoms with Crippen LogP contribution in [0.3, 0.4) is 0 Å². The highest BCUT2D eigenvalue weighted by Crippen LogP contribution is 2.28. The van der Waals surface area contributed by atoms with Crippen molar-refractivity contribution in [1.82, 2.24) is 10.6 Å². The van der Waals surface area contributed by atoms with E-state index in [2.05, 4.69) is 10.6 Å². The second-order valence-corrected chi connectivity index (χ2v) is 5.30. The van der Waals surface area contributed by atoms with Crippen LogP contribution in [-0.4, -0.2) is 24.1 Å². The van der Waals surface area contributed by atoms with Crippen molar-refractivity contribution >= 4 is 5.91 Å². The average Bonchev–Trinajstić information content (AvgIpc) is 3.21. The number of benzene rings is 1. The molecule has 4 nitrogen and oxygen atoms in total. The molecule has 1 aliphatic carbocycles. The monoisotopic (exact) mass is 262 g/mol. The summed E-state index contributed by atoms with van der Waals surface area (Å²) in [7, 11) is 0. The summed E-state index contributed by atoms with van der Waals surface area (Å²) in [6.45, 7) is 5.35. The lowest BCUT2D eigenvalue weighted by molar-refractivity contribution is -0.122. The number of aromatic hydroxyl groups is 1. The second kappa shape index (κ2) is 6.06. The lowest BCUT2D eigenvalue weighted by atomic mass is 10.0. The summed E-state index contributed by atoms with van der Waals surface area (Å²) >= 11 is 0. The minimum absolute atomic E-state index is 0.0673. The van der Waals surface area contributed by atoms with E-state index in [0.29, 0.717) is 18.8 Å². The normalized spacial score (nSPS) is 16.1. The Kier molecular flexibility index (Phi) is 4.43. The number of phenolic OH excluding ortho intramolecular Hbond substituents is 1. The number of aryl methyl sites for hydroxylation is 1. The number of hydrogen-bond donors (Lipinski definition) is 3. The molecule has 0 heterocycles. The molecule has 1 unspecified atom stereocenters. The molecule has 0 aliphatic heterocycles. The molecule has 1 aromatic rings. The first-order valence-corrected chi connectivity index (χ1v) is 6.88. The molecule has 104 valence electrons. The Hall–Kier alpha value is -1.55. The Morgan fingerprint density at radius 2 is 2.16 bits per heavy atom. The van der Waals surface area contributed by atoms with E-state index in [1.807, 2.05) is 26.0 Å². The number of hydrogen-bond acceptors (Lipinski definition) is 3. The van der Waals surface area contributed by atoms with Gasteiger partial charge in [0.1, 0.15) is 5.75 Å². The smallest absolute Gasteiger partial charge is 0.223 e. The van der Waals surface area contributed by atoms with Crippen molar-refractivity contribution < 1.29 is 9.90 Å². The number of amides is 1. The van der Waals surface area contributed by atoms with Crippen LogP contribution in [0.1, 0.15) is 36.9 Å². The Morgan fingerprint density at radius 3 is 2.84 bits per heavy atom. The molecule has 1 fully saturated rings. The standard InChI is InChI=1S/C15H22N2O2/c1-10-3-6-14(18)13(9-10)11(2)16-7-8-17-15(19)12-4-5-12/h3,6,9,11-12,16,18H,4-5,7-8H2,1-2H3,(H,17,19). The van der Waals surface area contributed by atoms with Crippen LogP contribution >= 0.6 is 0 Å². The van der Waals surface area contributed by atoms with Gasteiger partial charge in [0.25, 0.3) is 0 Å². The lowest BCUT2D eigenvalue weighted by Gasteiger charge is -2.16. The van der Waals surface area contributed by atoms with Crippen LogP contribution in [0.25, 0.3) is 0 Å². The number of phenols is 1. The van der Waals surface area contributed by atoms with Gasteiger partial charge >= 0.3 is 0 Å². The average molecular weight is 262 g/mol. The van der Waals surface area contributed by atoms with Crippen molar-refractivity contribution in [2.45, 2.75) is 32.7 Å². The number of rotatable bonds is 6. The molecular weight excluding hydrogens is 240 g/mol. The summed E-state index contributed by atoms with van der Waals surface area (Å²) in [5.41, 5.74) is 2.03. The van der Waals surface area contributed by atoms with Crippen LogP contribution < -0.4 is 10.6 Å². The van der Waals surface area contributed by atoms with Crippen LogP contribution in [0.15, 0.2) is 18.2 Å². The number of carbonyl (C=O) groups excluding carboxylic acids is 1. The summed E-state index contributed by atoms with van der Waals surface area (Å²) in [5.74, 6) is 0.749. The number of nitrogens with one attached hydrogen (secondary N) is 2. The Morgan fingerprint density at radius 1 is 1.42 bits per heavy atom. The zero-order valence-corrected chi connectivity index (χ0v) is 11.6. The molecular formula is C15H22N2O2. The van der Waals surface area contributed by atoms with Crippen molar-refractivity contribution in [3.05, 3.63) is 29.3 Å². The summed E-state index contributed by atoms with van der Waals surface area (Å²) in [6.07, 6.45) is 2.07. The van der Waals surface area contributed by atoms with Crippen LogP contribution in [0, 0.1) is 12.8 Å². The molecule has 1 saturated carbocycles. The minimum Gasteiger partial charge on any atom is -0.508 e. The van der Waals surface area contributed by atoms with Gasteiger partial charge in [-0.2, -0.15) is 0 Å². The zero-order chi connectivity index (χ0) is 13.8. The van der Waals surface area contributed by atoms with Crippen LogP contribution in [-0.2, 0) is 4.79 Å². The fourth-order valence-electron chi connectivity index (χ4n) is 2.09. The Balaban J connectivity index is 1.75. The third kappa shape index (κ3) is 3.96. The van der Waals surface area contributed by atoms with E-state index < -0.39 is 0 Å². The second-order valence-electron chi connectivity index (χ2n) is 5.30. The molecule has 0 spiro atoms. The first kappa shape index (κ1) is 13.9. The van der Waals surface area contributed by atoms with Crippen molar-refractivity contribution in [2.75, 3.05) is 13.1 Å². The lowest BCUT2D eigenvalue weighted by Crippen LogP contribution is -2.33. The van der Waals surface area contributed by atoms with Crippen molar-refractivity contribution in [3.8, 4) is 5.75 Å². The van der Waals surface area contributed by atoms with Gasteiger partial charge in [0.15, 0.2) is 0 Å². The summed E-state index contributed by atoms with van der Waals surface area (Å²) < 4.78 is 0. The van der Waals surface area contributed by atoms with E-state index in [1.165, 1.54) is 0 Å². The van der Waals surface area contributed by atoms with E-state index in [-0.39, 0.29) is 17.9 Å². The molecule has 19 heavy (non-hydrogen) atoms. The van der Waals surface area contributed by atoms with Gasteiger partial charge in [-0.15, -0.1) is 0 Å². The van der Waals surface area contributed by atoms with Gasteiger partial charge < -0.3 is 15.7 Å². The predicted octanol–water partition coefficient (Wildman–Crippen LogP) is 1.88. The van der Waals surface area contributed by atoms with Gasteiger partial charge in [0.2, 0.25) is 5.91 Å². The largest absolute Gasteiger partial charge is 0.508 e. The first-order chi connectivity index (χ1) is 9.08. The van der Waals surface area contributed by atoms with Crippen molar-refractivity contribution in [2.24, 2.45) is 5.92 Å². The van der Waals surface area contributed by atoms with Gasteiger partial charge in [0.05, 0.1) is 0 Å². The summed E-state index contributed by atoms with van der Waals surface area (Å²) in [5, 5.41) is 16.0. The van der Waals surface area contributed by atoms with E-state index in [0.717, 1.165) is 24.0 Å². The fourth-order valence-corrected chi connectivity index (χ4v) is 2.09. The summed E-state index contributed by atoms with van der Waals surface area (Å²) in [6, 6.07) is 5.66. The van der Waals surface area contributed by atoms with Crippen LogP contribution in [0.2, 0.25) is 0 Å². The van der Waals surface area contributed by atoms with Crippen molar-refractivity contribution in [3.63, 3.8) is 0 Å². The van der Waals surface area contributed by atoms with Crippen LogP contribution in [0.5, 0.6) is 5.75 Å². The van der Waals surface area contributed by atoms with Gasteiger partial charge in [0, 0.05) is 30.6 Å². The Bertz CT molecular complexity index is 455. The molecule has 0 bridgehead atoms. The highest BCUT2D eigenvalue weighted by atomic mass is 16.3. The maximum absolute atomic E-state index is 11.4. The number of carbonyl (C=O) groups is 1. The van der Waals surface area contributed by atoms with Crippen molar-refractivity contribution in [1.29, 1.82) is 0 Å². The third-order valence-corrected chi connectivity index (χ3v) is 3.47. The molecule has 0 aromatic heterocycles. The SMILES string of the molecule is Cc1ccc(O)c(C(C)NCCNC(=O)C2CC2)c1. The maximum atomic E-state index is 11.4. The minimum atomic E-state index is 0.0673. The third-order valence-electron chi connectivity index (χ3n) is 3.47. The van der Waals surface area contributed by atoms with Gasteiger partial charge in [-0.3, -0.25) is 4.79 Å². The van der Waals surface area contributed by atoms with Gasteiger partial charge in [-0.1, -0.05) is 17.7 Å². The predicted molar refractivity (Wildman–Crippen MR) is 75.0 cm³/mol.